The Labute approximate surface area is 153 Å². The van der Waals surface area contributed by atoms with Gasteiger partial charge >= 0.3 is 5.76 Å². The van der Waals surface area contributed by atoms with E-state index >= 15 is 0 Å². The predicted octanol–water partition coefficient (Wildman–Crippen LogP) is 3.23. The highest BCUT2D eigenvalue weighted by Crippen LogP contribution is 2.40. The van der Waals surface area contributed by atoms with Crippen LogP contribution in [0, 0.1) is 20.8 Å². The van der Waals surface area contributed by atoms with Gasteiger partial charge < -0.3 is 14.1 Å². The summed E-state index contributed by atoms with van der Waals surface area (Å²) in [6.07, 6.45) is 4.34. The van der Waals surface area contributed by atoms with Gasteiger partial charge in [0.1, 0.15) is 5.75 Å². The monoisotopic (exact) mass is 357 g/mol. The molecule has 0 amide bonds. The van der Waals surface area contributed by atoms with Gasteiger partial charge in [-0.1, -0.05) is 0 Å². The number of aryl methyl sites for hydroxylation is 1. The molecule has 6 heteroatoms. The molecule has 6 nitrogen and oxygen atoms in total. The van der Waals surface area contributed by atoms with Gasteiger partial charge in [-0.2, -0.15) is 4.68 Å². The second-order valence-corrected chi connectivity index (χ2v) is 7.82. The molecule has 2 aliphatic heterocycles. The van der Waals surface area contributed by atoms with Gasteiger partial charge in [-0.3, -0.25) is 0 Å². The molecule has 1 aromatic carbocycles. The van der Waals surface area contributed by atoms with Crippen molar-refractivity contribution in [1.29, 1.82) is 0 Å². The van der Waals surface area contributed by atoms with E-state index in [1.165, 1.54) is 18.4 Å². The zero-order chi connectivity index (χ0) is 18.6. The van der Waals surface area contributed by atoms with E-state index in [0.717, 1.165) is 35.3 Å². The first-order chi connectivity index (χ1) is 12.4. The van der Waals surface area contributed by atoms with Crippen molar-refractivity contribution in [2.75, 3.05) is 14.2 Å². The van der Waals surface area contributed by atoms with Crippen LogP contribution in [0.1, 0.15) is 48.4 Å². The number of methoxy groups -OCH3 is 1. The Hall–Kier alpha value is -2.08. The lowest BCUT2D eigenvalue weighted by atomic mass is 9.98. The van der Waals surface area contributed by atoms with Crippen LogP contribution in [-0.4, -0.2) is 40.9 Å². The Morgan fingerprint density at radius 3 is 2.38 bits per heavy atom. The highest BCUT2D eigenvalue weighted by atomic mass is 16.5. The molecule has 1 aromatic heterocycles. The highest BCUT2D eigenvalue weighted by molar-refractivity contribution is 5.68. The Morgan fingerprint density at radius 1 is 1.12 bits per heavy atom. The minimum atomic E-state index is -0.369. The molecule has 0 spiro atoms. The van der Waals surface area contributed by atoms with Crippen molar-refractivity contribution in [2.24, 2.45) is 0 Å². The van der Waals surface area contributed by atoms with Gasteiger partial charge in [0, 0.05) is 12.1 Å². The molecule has 2 aliphatic rings. The van der Waals surface area contributed by atoms with Crippen molar-refractivity contribution in [3.63, 3.8) is 0 Å². The quantitative estimate of drug-likeness (QED) is 0.844. The summed E-state index contributed by atoms with van der Waals surface area (Å²) in [4.78, 5) is 15.0. The fourth-order valence-electron chi connectivity index (χ4n) is 4.69. The Balaban J connectivity index is 1.73. The van der Waals surface area contributed by atoms with Crippen molar-refractivity contribution in [2.45, 2.75) is 64.6 Å². The third-order valence-corrected chi connectivity index (χ3v) is 6.52. The maximum atomic E-state index is 12.5. The van der Waals surface area contributed by atoms with Crippen molar-refractivity contribution in [3.8, 4) is 17.2 Å². The predicted molar refractivity (Wildman–Crippen MR) is 99.8 cm³/mol. The number of aromatic nitrogens is 2. The lowest BCUT2D eigenvalue weighted by Crippen LogP contribution is -2.42. The Bertz CT molecular complexity index is 884. The molecule has 0 radical (unpaired) electrons. The summed E-state index contributed by atoms with van der Waals surface area (Å²) in [5, 5.41) is 4.58. The Morgan fingerprint density at radius 2 is 1.77 bits per heavy atom. The van der Waals surface area contributed by atoms with Gasteiger partial charge in [-0.25, -0.2) is 4.79 Å². The first-order valence-electron chi connectivity index (χ1n) is 9.37. The number of rotatable bonds is 3. The number of hydrogen-bond acceptors (Lipinski definition) is 5. The van der Waals surface area contributed by atoms with Crippen molar-refractivity contribution >= 4 is 0 Å². The molecule has 4 rings (SSSR count). The molecular formula is C20H27N3O3. The van der Waals surface area contributed by atoms with E-state index in [4.69, 9.17) is 9.15 Å². The first-order valence-corrected chi connectivity index (χ1v) is 9.37. The number of hydrogen-bond donors (Lipinski definition) is 0. The summed E-state index contributed by atoms with van der Waals surface area (Å²) >= 11 is 0. The second-order valence-electron chi connectivity index (χ2n) is 7.82. The fraction of sp³-hybridized carbons (Fsp3) is 0.600. The Kier molecular flexibility index (Phi) is 4.18. The normalized spacial score (nSPS) is 25.7. The van der Waals surface area contributed by atoms with E-state index in [9.17, 15) is 4.79 Å². The molecule has 2 fully saturated rings. The van der Waals surface area contributed by atoms with E-state index < -0.39 is 0 Å². The summed E-state index contributed by atoms with van der Waals surface area (Å²) in [5.41, 5.74) is 4.11. The standard InChI is InChI=1S/C20H27N3O3/c1-11-8-17(18(25-5)13(3)12(11)2)19-21-23(20(24)26-19)16-9-14-6-7-15(10-16)22(14)4/h8,14-16H,6-7,9-10H2,1-5H3. The summed E-state index contributed by atoms with van der Waals surface area (Å²) < 4.78 is 12.7. The summed E-state index contributed by atoms with van der Waals surface area (Å²) in [5.74, 6) is 0.709. The molecule has 140 valence electrons. The van der Waals surface area contributed by atoms with E-state index in [1.807, 2.05) is 13.0 Å². The molecule has 0 aliphatic carbocycles. The third-order valence-electron chi connectivity index (χ3n) is 6.52. The van der Waals surface area contributed by atoms with Crippen LogP contribution in [0.2, 0.25) is 0 Å². The van der Waals surface area contributed by atoms with Crippen LogP contribution in [0.3, 0.4) is 0 Å². The lowest BCUT2D eigenvalue weighted by Gasteiger charge is -2.35. The van der Waals surface area contributed by atoms with Crippen LogP contribution in [0.5, 0.6) is 5.75 Å². The lowest BCUT2D eigenvalue weighted by molar-refractivity contribution is 0.128. The molecule has 2 aromatic rings. The van der Waals surface area contributed by atoms with Crippen LogP contribution in [0.25, 0.3) is 11.5 Å². The van der Waals surface area contributed by atoms with E-state index in [0.29, 0.717) is 18.0 Å². The smallest absolute Gasteiger partial charge is 0.437 e. The zero-order valence-electron chi connectivity index (χ0n) is 16.2. The van der Waals surface area contributed by atoms with Gasteiger partial charge in [-0.05, 0) is 76.3 Å². The van der Waals surface area contributed by atoms with Crippen LogP contribution in [0.4, 0.5) is 0 Å². The third kappa shape index (κ3) is 2.58. The maximum absolute atomic E-state index is 12.5. The van der Waals surface area contributed by atoms with Gasteiger partial charge in [0.2, 0.25) is 0 Å². The molecular weight excluding hydrogens is 330 g/mol. The van der Waals surface area contributed by atoms with Gasteiger partial charge in [-0.15, -0.1) is 5.10 Å². The number of benzene rings is 1. The van der Waals surface area contributed by atoms with Crippen molar-refractivity contribution in [3.05, 3.63) is 33.3 Å². The number of ether oxygens (including phenoxy) is 1. The SMILES string of the molecule is COc1c(-c2nn(C3CC4CCC(C3)N4C)c(=O)o2)cc(C)c(C)c1C. The molecule has 2 saturated heterocycles. The number of fused-ring (bicyclic) bond motifs is 2. The number of nitrogens with zero attached hydrogens (tertiary/aromatic N) is 3. The van der Waals surface area contributed by atoms with E-state index in [2.05, 4.69) is 30.9 Å². The largest absolute Gasteiger partial charge is 0.496 e. The van der Waals surface area contributed by atoms with Crippen LogP contribution >= 0.6 is 0 Å². The fourth-order valence-corrected chi connectivity index (χ4v) is 4.69. The number of piperidine rings is 1. The molecule has 3 heterocycles. The second kappa shape index (κ2) is 6.27. The average molecular weight is 357 g/mol. The summed E-state index contributed by atoms with van der Waals surface area (Å²) in [7, 11) is 3.84. The van der Waals surface area contributed by atoms with Crippen molar-refractivity contribution in [1.82, 2.24) is 14.7 Å². The van der Waals surface area contributed by atoms with E-state index in [-0.39, 0.29) is 11.8 Å². The molecule has 2 atom stereocenters. The summed E-state index contributed by atoms with van der Waals surface area (Å²) in [6.45, 7) is 6.14. The van der Waals surface area contributed by atoms with Crippen LogP contribution in [-0.2, 0) is 0 Å². The van der Waals surface area contributed by atoms with Crippen molar-refractivity contribution < 1.29 is 9.15 Å². The first kappa shape index (κ1) is 17.3. The van der Waals surface area contributed by atoms with E-state index in [1.54, 1.807) is 11.8 Å². The molecule has 26 heavy (non-hydrogen) atoms. The molecule has 2 unspecified atom stereocenters. The molecule has 0 saturated carbocycles. The highest BCUT2D eigenvalue weighted by Gasteiger charge is 2.40. The molecule has 2 bridgehead atoms. The van der Waals surface area contributed by atoms with Gasteiger partial charge in [0.15, 0.2) is 0 Å². The minimum absolute atomic E-state index is 0.118. The topological polar surface area (TPSA) is 60.5 Å². The minimum Gasteiger partial charge on any atom is -0.496 e. The zero-order valence-corrected chi connectivity index (χ0v) is 16.2. The van der Waals surface area contributed by atoms with Crippen LogP contribution < -0.4 is 10.5 Å². The van der Waals surface area contributed by atoms with Gasteiger partial charge in [0.05, 0.1) is 18.7 Å². The molecule has 0 N–H and O–H groups in total. The summed E-state index contributed by atoms with van der Waals surface area (Å²) in [6, 6.07) is 3.20. The average Bonchev–Trinajstić information content (AvgIpc) is 3.07. The van der Waals surface area contributed by atoms with Crippen LogP contribution in [0.15, 0.2) is 15.3 Å². The van der Waals surface area contributed by atoms with Gasteiger partial charge in [0.25, 0.3) is 5.89 Å². The maximum Gasteiger partial charge on any atom is 0.437 e.